The average Bonchev–Trinajstić information content (AvgIpc) is 3.37. The number of para-hydroxylation sites is 1. The predicted octanol–water partition coefficient (Wildman–Crippen LogP) is 4.46. The van der Waals surface area contributed by atoms with Crippen LogP contribution in [0.4, 0.5) is 5.95 Å². The summed E-state index contributed by atoms with van der Waals surface area (Å²) < 4.78 is 12.7. The van der Waals surface area contributed by atoms with Crippen molar-refractivity contribution in [3.63, 3.8) is 0 Å². The molecule has 8 heteroatoms. The number of carbonyl (C=O) groups is 1. The molecule has 2 heterocycles. The molecule has 0 saturated carbocycles. The first-order valence-electron chi connectivity index (χ1n) is 10.1. The van der Waals surface area contributed by atoms with E-state index >= 15 is 0 Å². The number of hydrogen-bond donors (Lipinski definition) is 2. The molecule has 0 aliphatic rings. The first-order chi connectivity index (χ1) is 15.4. The molecule has 4 rings (SSSR count). The summed E-state index contributed by atoms with van der Waals surface area (Å²) in [5.74, 6) is 1.64. The van der Waals surface area contributed by atoms with Crippen LogP contribution < -0.4 is 14.8 Å². The summed E-state index contributed by atoms with van der Waals surface area (Å²) in [4.78, 5) is 17.4. The number of methoxy groups -OCH3 is 2. The molecule has 0 aliphatic carbocycles. The average molecular weight is 431 g/mol. The number of amides is 1. The van der Waals surface area contributed by atoms with Gasteiger partial charge < -0.3 is 14.0 Å². The Morgan fingerprint density at radius 2 is 1.81 bits per heavy atom. The highest BCUT2D eigenvalue weighted by Crippen LogP contribution is 2.31. The van der Waals surface area contributed by atoms with E-state index in [-0.39, 0.29) is 11.9 Å². The predicted molar refractivity (Wildman–Crippen MR) is 123 cm³/mol. The summed E-state index contributed by atoms with van der Waals surface area (Å²) in [5.41, 5.74) is 5.28. The van der Waals surface area contributed by atoms with Crippen molar-refractivity contribution in [1.29, 1.82) is 0 Å². The summed E-state index contributed by atoms with van der Waals surface area (Å²) in [7, 11) is 3.16. The van der Waals surface area contributed by atoms with E-state index < -0.39 is 0 Å². The second-order valence-corrected chi connectivity index (χ2v) is 7.43. The number of hydrogen-bond acceptors (Lipinski definition) is 5. The maximum Gasteiger partial charge on any atom is 0.259 e. The van der Waals surface area contributed by atoms with Crippen molar-refractivity contribution in [2.24, 2.45) is 0 Å². The summed E-state index contributed by atoms with van der Waals surface area (Å²) in [6.45, 7) is 5.97. The fourth-order valence-corrected chi connectivity index (χ4v) is 3.78. The molecule has 2 aromatic heterocycles. The van der Waals surface area contributed by atoms with Gasteiger partial charge in [0.25, 0.3) is 5.91 Å². The van der Waals surface area contributed by atoms with Gasteiger partial charge in [-0.2, -0.15) is 4.98 Å². The van der Waals surface area contributed by atoms with Gasteiger partial charge in [-0.05, 0) is 50.6 Å². The maximum atomic E-state index is 13.0. The molecule has 0 bridgehead atoms. The highest BCUT2D eigenvalue weighted by atomic mass is 16.5. The summed E-state index contributed by atoms with van der Waals surface area (Å²) in [5, 5.41) is 9.78. The van der Waals surface area contributed by atoms with Crippen LogP contribution >= 0.6 is 0 Å². The Balaban J connectivity index is 1.60. The Morgan fingerprint density at radius 3 is 2.53 bits per heavy atom. The molecule has 164 valence electrons. The van der Waals surface area contributed by atoms with Gasteiger partial charge >= 0.3 is 0 Å². The molecule has 0 aliphatic heterocycles. The first kappa shape index (κ1) is 21.2. The maximum absolute atomic E-state index is 13.0. The lowest BCUT2D eigenvalue weighted by molar-refractivity contribution is 0.102. The SMILES string of the molecule is COc1ccc(-c2nc(NC(=O)c3cc(C)n(-c4ccccc4C)c3C)n[nH]2)c(OC)c1. The van der Waals surface area contributed by atoms with E-state index in [0.717, 1.165) is 22.6 Å². The second-order valence-electron chi connectivity index (χ2n) is 7.43. The van der Waals surface area contributed by atoms with E-state index in [4.69, 9.17) is 9.47 Å². The van der Waals surface area contributed by atoms with Crippen molar-refractivity contribution < 1.29 is 14.3 Å². The number of aryl methyl sites for hydroxylation is 2. The van der Waals surface area contributed by atoms with Crippen LogP contribution in [-0.4, -0.2) is 39.9 Å². The van der Waals surface area contributed by atoms with Crippen molar-refractivity contribution in [2.75, 3.05) is 19.5 Å². The van der Waals surface area contributed by atoms with Gasteiger partial charge in [0.05, 0.1) is 25.3 Å². The molecule has 0 saturated heterocycles. The fraction of sp³-hybridized carbons (Fsp3) is 0.208. The molecule has 0 radical (unpaired) electrons. The van der Waals surface area contributed by atoms with E-state index in [2.05, 4.69) is 38.1 Å². The van der Waals surface area contributed by atoms with Gasteiger partial charge in [0.15, 0.2) is 5.82 Å². The Hall–Kier alpha value is -4.07. The largest absolute Gasteiger partial charge is 0.497 e. The Morgan fingerprint density at radius 1 is 1.03 bits per heavy atom. The Kier molecular flexibility index (Phi) is 5.68. The number of nitrogens with zero attached hydrogens (tertiary/aromatic N) is 3. The van der Waals surface area contributed by atoms with Crippen LogP contribution in [0.15, 0.2) is 48.5 Å². The first-order valence-corrected chi connectivity index (χ1v) is 10.1. The number of aromatic nitrogens is 4. The summed E-state index contributed by atoms with van der Waals surface area (Å²) >= 11 is 0. The molecule has 0 fully saturated rings. The van der Waals surface area contributed by atoms with E-state index in [9.17, 15) is 4.79 Å². The van der Waals surface area contributed by atoms with Gasteiger partial charge in [0.1, 0.15) is 11.5 Å². The number of nitrogens with one attached hydrogen (secondary N) is 2. The quantitative estimate of drug-likeness (QED) is 0.470. The number of benzene rings is 2. The van der Waals surface area contributed by atoms with Crippen LogP contribution in [0, 0.1) is 20.8 Å². The minimum absolute atomic E-state index is 0.184. The molecule has 32 heavy (non-hydrogen) atoms. The molecular weight excluding hydrogens is 406 g/mol. The number of H-pyrrole nitrogens is 1. The van der Waals surface area contributed by atoms with Crippen molar-refractivity contribution in [3.05, 3.63) is 71.0 Å². The third-order valence-corrected chi connectivity index (χ3v) is 5.41. The van der Waals surface area contributed by atoms with Crippen LogP contribution in [0.2, 0.25) is 0 Å². The number of rotatable bonds is 6. The van der Waals surface area contributed by atoms with Gasteiger partial charge in [0, 0.05) is 23.1 Å². The molecule has 8 nitrogen and oxygen atoms in total. The molecule has 1 amide bonds. The fourth-order valence-electron chi connectivity index (χ4n) is 3.78. The minimum atomic E-state index is -0.273. The normalized spacial score (nSPS) is 10.8. The highest BCUT2D eigenvalue weighted by Gasteiger charge is 2.19. The monoisotopic (exact) mass is 431 g/mol. The molecule has 2 N–H and O–H groups in total. The van der Waals surface area contributed by atoms with Gasteiger partial charge in [-0.1, -0.05) is 18.2 Å². The minimum Gasteiger partial charge on any atom is -0.497 e. The van der Waals surface area contributed by atoms with Gasteiger partial charge in [-0.3, -0.25) is 15.2 Å². The van der Waals surface area contributed by atoms with E-state index in [0.29, 0.717) is 28.5 Å². The van der Waals surface area contributed by atoms with Crippen molar-refractivity contribution in [3.8, 4) is 28.6 Å². The molecule has 0 unspecified atom stereocenters. The number of carbonyl (C=O) groups excluding carboxylic acids is 1. The summed E-state index contributed by atoms with van der Waals surface area (Å²) in [6.07, 6.45) is 0. The third-order valence-electron chi connectivity index (χ3n) is 5.41. The molecule has 0 atom stereocenters. The highest BCUT2D eigenvalue weighted by molar-refractivity contribution is 6.04. The summed E-state index contributed by atoms with van der Waals surface area (Å²) in [6, 6.07) is 15.3. The van der Waals surface area contributed by atoms with Gasteiger partial charge in [-0.15, -0.1) is 5.10 Å². The van der Waals surface area contributed by atoms with Crippen LogP contribution in [0.1, 0.15) is 27.3 Å². The van der Waals surface area contributed by atoms with Crippen LogP contribution in [0.3, 0.4) is 0 Å². The van der Waals surface area contributed by atoms with E-state index in [1.54, 1.807) is 26.4 Å². The standard InChI is InChI=1S/C24H25N5O3/c1-14-8-6-7-9-20(14)29-15(2)12-19(16(29)3)23(30)26-24-25-22(27-28-24)18-11-10-17(31-4)13-21(18)32-5/h6-13H,1-5H3,(H2,25,26,27,28,30). The van der Waals surface area contributed by atoms with Gasteiger partial charge in [0.2, 0.25) is 5.95 Å². The van der Waals surface area contributed by atoms with Gasteiger partial charge in [-0.25, -0.2) is 0 Å². The zero-order valence-corrected chi connectivity index (χ0v) is 18.7. The van der Waals surface area contributed by atoms with Crippen molar-refractivity contribution in [1.82, 2.24) is 19.7 Å². The number of ether oxygens (including phenoxy) is 2. The van der Waals surface area contributed by atoms with Crippen molar-refractivity contribution in [2.45, 2.75) is 20.8 Å². The molecule has 0 spiro atoms. The third kappa shape index (κ3) is 3.82. The zero-order valence-electron chi connectivity index (χ0n) is 18.7. The van der Waals surface area contributed by atoms with Crippen LogP contribution in [0.25, 0.3) is 17.1 Å². The van der Waals surface area contributed by atoms with Crippen LogP contribution in [-0.2, 0) is 0 Å². The zero-order chi connectivity index (χ0) is 22.8. The lowest BCUT2D eigenvalue weighted by atomic mass is 10.2. The number of aromatic amines is 1. The molecule has 2 aromatic carbocycles. The second kappa shape index (κ2) is 8.58. The Bertz CT molecular complexity index is 1290. The topological polar surface area (TPSA) is 94.1 Å². The molecule has 4 aromatic rings. The lowest BCUT2D eigenvalue weighted by Crippen LogP contribution is -2.14. The van der Waals surface area contributed by atoms with Crippen molar-refractivity contribution >= 4 is 11.9 Å². The molecular formula is C24H25N5O3. The van der Waals surface area contributed by atoms with Crippen LogP contribution in [0.5, 0.6) is 11.5 Å². The van der Waals surface area contributed by atoms with E-state index in [1.165, 1.54) is 0 Å². The van der Waals surface area contributed by atoms with E-state index in [1.807, 2.05) is 44.2 Å². The lowest BCUT2D eigenvalue weighted by Gasteiger charge is -2.12. The number of anilines is 1. The smallest absolute Gasteiger partial charge is 0.259 e. The Labute approximate surface area is 186 Å².